The summed E-state index contributed by atoms with van der Waals surface area (Å²) in [5.41, 5.74) is 2.23. The van der Waals surface area contributed by atoms with Crippen LogP contribution in [0.2, 0.25) is 0 Å². The number of aromatic nitrogens is 1. The zero-order valence-corrected chi connectivity index (χ0v) is 11.0. The van der Waals surface area contributed by atoms with Crippen LogP contribution in [0.5, 0.6) is 0 Å². The quantitative estimate of drug-likeness (QED) is 0.844. The van der Waals surface area contributed by atoms with E-state index < -0.39 is 0 Å². The lowest BCUT2D eigenvalue weighted by molar-refractivity contribution is -0.130. The van der Waals surface area contributed by atoms with Crippen LogP contribution in [0.15, 0.2) is 36.5 Å². The van der Waals surface area contributed by atoms with Crippen molar-refractivity contribution in [2.24, 2.45) is 0 Å². The Hall–Kier alpha value is -1.90. The third kappa shape index (κ3) is 2.60. The number of carbonyl (C=O) groups excluding carboxylic acids is 1. The maximum atomic E-state index is 12.1. The first-order valence-corrected chi connectivity index (χ1v) is 6.95. The number of pyridine rings is 1. The molecule has 0 spiro atoms. The van der Waals surface area contributed by atoms with Crippen molar-refractivity contribution in [2.75, 3.05) is 13.1 Å². The standard InChI is InChI=1S/C16H18N2O/c19-16(18-11-3-4-12-18)8-7-13-9-10-17-15-6-2-1-5-14(13)15/h1-2,5-6,9-10H,3-4,7-8,11-12H2. The summed E-state index contributed by atoms with van der Waals surface area (Å²) in [5.74, 6) is 0.290. The highest BCUT2D eigenvalue weighted by Gasteiger charge is 2.17. The number of amides is 1. The first kappa shape index (κ1) is 12.2. The molecule has 0 radical (unpaired) electrons. The van der Waals surface area contributed by atoms with Gasteiger partial charge in [0.1, 0.15) is 0 Å². The van der Waals surface area contributed by atoms with Crippen molar-refractivity contribution >= 4 is 16.8 Å². The predicted molar refractivity (Wildman–Crippen MR) is 75.9 cm³/mol. The van der Waals surface area contributed by atoms with Gasteiger partial charge in [0.05, 0.1) is 5.52 Å². The Morgan fingerprint density at radius 1 is 1.16 bits per heavy atom. The summed E-state index contributed by atoms with van der Waals surface area (Å²) in [6.07, 6.45) is 5.55. The van der Waals surface area contributed by atoms with Crippen LogP contribution in [0.1, 0.15) is 24.8 Å². The van der Waals surface area contributed by atoms with E-state index in [1.807, 2.05) is 35.4 Å². The van der Waals surface area contributed by atoms with Gasteiger partial charge in [0.15, 0.2) is 0 Å². The molecule has 1 fully saturated rings. The number of hydrogen-bond donors (Lipinski definition) is 0. The lowest BCUT2D eigenvalue weighted by atomic mass is 10.0. The molecular formula is C16H18N2O. The van der Waals surface area contributed by atoms with E-state index in [-0.39, 0.29) is 0 Å². The van der Waals surface area contributed by atoms with Gasteiger partial charge in [-0.2, -0.15) is 0 Å². The normalized spacial score (nSPS) is 15.1. The molecule has 19 heavy (non-hydrogen) atoms. The second kappa shape index (κ2) is 5.39. The number of aryl methyl sites for hydroxylation is 1. The molecule has 1 aliphatic heterocycles. The van der Waals surface area contributed by atoms with E-state index in [1.165, 1.54) is 10.9 Å². The maximum Gasteiger partial charge on any atom is 0.222 e. The van der Waals surface area contributed by atoms with Gasteiger partial charge in [0, 0.05) is 31.1 Å². The molecule has 0 N–H and O–H groups in total. The average molecular weight is 254 g/mol. The summed E-state index contributed by atoms with van der Waals surface area (Å²) in [7, 11) is 0. The van der Waals surface area contributed by atoms with Crippen LogP contribution in [0.25, 0.3) is 10.9 Å². The van der Waals surface area contributed by atoms with Crippen LogP contribution in [-0.2, 0) is 11.2 Å². The fourth-order valence-corrected chi connectivity index (χ4v) is 2.74. The van der Waals surface area contributed by atoms with E-state index in [1.54, 1.807) is 0 Å². The minimum atomic E-state index is 0.290. The third-order valence-electron chi connectivity index (χ3n) is 3.81. The van der Waals surface area contributed by atoms with Crippen LogP contribution in [-0.4, -0.2) is 28.9 Å². The van der Waals surface area contributed by atoms with Crippen molar-refractivity contribution < 1.29 is 4.79 Å². The fourth-order valence-electron chi connectivity index (χ4n) is 2.74. The fraction of sp³-hybridized carbons (Fsp3) is 0.375. The van der Waals surface area contributed by atoms with E-state index in [4.69, 9.17) is 0 Å². The van der Waals surface area contributed by atoms with Gasteiger partial charge in [-0.1, -0.05) is 18.2 Å². The molecule has 1 aromatic carbocycles. The summed E-state index contributed by atoms with van der Waals surface area (Å²) in [5, 5.41) is 1.17. The number of nitrogens with zero attached hydrogens (tertiary/aromatic N) is 2. The van der Waals surface area contributed by atoms with E-state index >= 15 is 0 Å². The number of hydrogen-bond acceptors (Lipinski definition) is 2. The zero-order chi connectivity index (χ0) is 13.1. The number of fused-ring (bicyclic) bond motifs is 1. The summed E-state index contributed by atoms with van der Waals surface area (Å²) in [6.45, 7) is 1.88. The number of para-hydroxylation sites is 1. The third-order valence-corrected chi connectivity index (χ3v) is 3.81. The molecule has 1 saturated heterocycles. The topological polar surface area (TPSA) is 33.2 Å². The van der Waals surface area contributed by atoms with Crippen LogP contribution in [0.3, 0.4) is 0 Å². The summed E-state index contributed by atoms with van der Waals surface area (Å²) in [4.78, 5) is 18.4. The second-order valence-corrected chi connectivity index (χ2v) is 5.08. The van der Waals surface area contributed by atoms with E-state index in [2.05, 4.69) is 11.1 Å². The van der Waals surface area contributed by atoms with Gasteiger partial charge in [-0.15, -0.1) is 0 Å². The lowest BCUT2D eigenvalue weighted by Crippen LogP contribution is -2.27. The largest absolute Gasteiger partial charge is 0.343 e. The Morgan fingerprint density at radius 2 is 1.95 bits per heavy atom. The molecular weight excluding hydrogens is 236 g/mol. The van der Waals surface area contributed by atoms with Gasteiger partial charge in [-0.05, 0) is 37.0 Å². The molecule has 0 aliphatic carbocycles. The molecule has 1 amide bonds. The van der Waals surface area contributed by atoms with Crippen molar-refractivity contribution in [3.8, 4) is 0 Å². The van der Waals surface area contributed by atoms with E-state index in [0.717, 1.165) is 37.9 Å². The van der Waals surface area contributed by atoms with Gasteiger partial charge in [-0.3, -0.25) is 9.78 Å². The molecule has 0 unspecified atom stereocenters. The van der Waals surface area contributed by atoms with E-state index in [0.29, 0.717) is 12.3 Å². The monoisotopic (exact) mass is 254 g/mol. The molecule has 3 heteroatoms. The predicted octanol–water partition coefficient (Wildman–Crippen LogP) is 2.79. The summed E-state index contributed by atoms with van der Waals surface area (Å²) in [6, 6.07) is 10.1. The zero-order valence-electron chi connectivity index (χ0n) is 11.0. The first-order chi connectivity index (χ1) is 9.34. The van der Waals surface area contributed by atoms with Crippen molar-refractivity contribution in [3.63, 3.8) is 0 Å². The maximum absolute atomic E-state index is 12.1. The van der Waals surface area contributed by atoms with Crippen molar-refractivity contribution in [1.82, 2.24) is 9.88 Å². The number of carbonyl (C=O) groups is 1. The lowest BCUT2D eigenvalue weighted by Gasteiger charge is -2.15. The van der Waals surface area contributed by atoms with Crippen molar-refractivity contribution in [3.05, 3.63) is 42.1 Å². The molecule has 3 rings (SSSR count). The highest BCUT2D eigenvalue weighted by Crippen LogP contribution is 2.18. The minimum Gasteiger partial charge on any atom is -0.343 e. The average Bonchev–Trinajstić information content (AvgIpc) is 2.99. The molecule has 98 valence electrons. The summed E-state index contributed by atoms with van der Waals surface area (Å²) < 4.78 is 0. The van der Waals surface area contributed by atoms with Crippen molar-refractivity contribution in [1.29, 1.82) is 0 Å². The summed E-state index contributed by atoms with van der Waals surface area (Å²) >= 11 is 0. The molecule has 0 atom stereocenters. The van der Waals surface area contributed by atoms with Gasteiger partial charge < -0.3 is 4.90 Å². The van der Waals surface area contributed by atoms with Crippen LogP contribution < -0.4 is 0 Å². The SMILES string of the molecule is O=C(CCc1ccnc2ccccc12)N1CCCC1. The van der Waals surface area contributed by atoms with Gasteiger partial charge in [-0.25, -0.2) is 0 Å². The molecule has 3 nitrogen and oxygen atoms in total. The molecule has 0 saturated carbocycles. The van der Waals surface area contributed by atoms with Gasteiger partial charge >= 0.3 is 0 Å². The number of benzene rings is 1. The molecule has 1 aromatic heterocycles. The van der Waals surface area contributed by atoms with Crippen LogP contribution in [0.4, 0.5) is 0 Å². The number of rotatable bonds is 3. The van der Waals surface area contributed by atoms with Crippen LogP contribution in [0, 0.1) is 0 Å². The number of likely N-dealkylation sites (tertiary alicyclic amines) is 1. The Bertz CT molecular complexity index is 583. The van der Waals surface area contributed by atoms with Crippen molar-refractivity contribution in [2.45, 2.75) is 25.7 Å². The minimum absolute atomic E-state index is 0.290. The van der Waals surface area contributed by atoms with Crippen LogP contribution >= 0.6 is 0 Å². The molecule has 0 bridgehead atoms. The van der Waals surface area contributed by atoms with E-state index in [9.17, 15) is 4.79 Å². The Kier molecular flexibility index (Phi) is 3.45. The Morgan fingerprint density at radius 3 is 2.79 bits per heavy atom. The molecule has 1 aliphatic rings. The Balaban J connectivity index is 1.73. The second-order valence-electron chi connectivity index (χ2n) is 5.08. The smallest absolute Gasteiger partial charge is 0.222 e. The van der Waals surface area contributed by atoms with Gasteiger partial charge in [0.25, 0.3) is 0 Å². The Labute approximate surface area is 113 Å². The first-order valence-electron chi connectivity index (χ1n) is 6.95. The molecule has 2 aromatic rings. The van der Waals surface area contributed by atoms with Gasteiger partial charge in [0.2, 0.25) is 5.91 Å². The molecule has 2 heterocycles. The highest BCUT2D eigenvalue weighted by atomic mass is 16.2. The highest BCUT2D eigenvalue weighted by molar-refractivity contribution is 5.83.